The summed E-state index contributed by atoms with van der Waals surface area (Å²) in [6.07, 6.45) is 0.972. The van der Waals surface area contributed by atoms with Gasteiger partial charge in [-0.2, -0.15) is 0 Å². The molecule has 0 fully saturated rings. The molecule has 7 heteroatoms. The summed E-state index contributed by atoms with van der Waals surface area (Å²) < 4.78 is 6.46. The summed E-state index contributed by atoms with van der Waals surface area (Å²) >= 11 is 14.7. The molecule has 0 heterocycles. The first-order valence-corrected chi connectivity index (χ1v) is 10.2. The lowest BCUT2D eigenvalue weighted by Crippen LogP contribution is -2.38. The van der Waals surface area contributed by atoms with Gasteiger partial charge in [-0.25, -0.2) is 0 Å². The van der Waals surface area contributed by atoms with E-state index in [2.05, 4.69) is 40.4 Å². The van der Waals surface area contributed by atoms with Crippen LogP contribution in [0.1, 0.15) is 36.2 Å². The highest BCUT2D eigenvalue weighted by molar-refractivity contribution is 9.10. The van der Waals surface area contributed by atoms with Crippen molar-refractivity contribution in [3.63, 3.8) is 0 Å². The van der Waals surface area contributed by atoms with Gasteiger partial charge in [-0.1, -0.05) is 43.6 Å². The van der Waals surface area contributed by atoms with E-state index in [-0.39, 0.29) is 11.0 Å². The summed E-state index contributed by atoms with van der Waals surface area (Å²) in [6, 6.07) is 12.7. The molecule has 0 aromatic heterocycles. The average molecular weight is 470 g/mol. The monoisotopic (exact) mass is 468 g/mol. The van der Waals surface area contributed by atoms with Crippen LogP contribution in [-0.2, 0) is 6.54 Å². The molecule has 27 heavy (non-hydrogen) atoms. The van der Waals surface area contributed by atoms with Crippen molar-refractivity contribution in [2.45, 2.75) is 26.8 Å². The zero-order chi connectivity index (χ0) is 19.8. The molecule has 0 bridgehead atoms. The van der Waals surface area contributed by atoms with Crippen molar-refractivity contribution < 1.29 is 9.53 Å². The summed E-state index contributed by atoms with van der Waals surface area (Å²) in [7, 11) is 0. The van der Waals surface area contributed by atoms with Crippen LogP contribution in [0.2, 0.25) is 5.02 Å². The van der Waals surface area contributed by atoms with Crippen molar-refractivity contribution >= 4 is 50.8 Å². The van der Waals surface area contributed by atoms with E-state index in [1.807, 2.05) is 24.3 Å². The van der Waals surface area contributed by atoms with E-state index in [4.69, 9.17) is 28.6 Å². The van der Waals surface area contributed by atoms with Crippen molar-refractivity contribution in [3.05, 3.63) is 63.1 Å². The third-order valence-electron chi connectivity index (χ3n) is 3.77. The number of rotatable bonds is 7. The molecule has 1 amide bonds. The molecule has 144 valence electrons. The largest absolute Gasteiger partial charge is 0.492 e. The third-order valence-corrected chi connectivity index (χ3v) is 5.01. The molecule has 4 nitrogen and oxygen atoms in total. The Balaban J connectivity index is 1.88. The average Bonchev–Trinajstić information content (AvgIpc) is 2.62. The third kappa shape index (κ3) is 7.13. The zero-order valence-corrected chi connectivity index (χ0v) is 18.4. The van der Waals surface area contributed by atoms with Gasteiger partial charge in [0.15, 0.2) is 5.11 Å². The molecule has 0 aliphatic carbocycles. The van der Waals surface area contributed by atoms with E-state index < -0.39 is 0 Å². The second-order valence-electron chi connectivity index (χ2n) is 6.40. The number of nitrogens with one attached hydrogen (secondary N) is 2. The van der Waals surface area contributed by atoms with Gasteiger partial charge in [-0.3, -0.25) is 10.1 Å². The highest BCUT2D eigenvalue weighted by atomic mass is 79.9. The van der Waals surface area contributed by atoms with Crippen molar-refractivity contribution in [1.82, 2.24) is 10.6 Å². The number of benzene rings is 2. The van der Waals surface area contributed by atoms with Crippen LogP contribution < -0.4 is 15.4 Å². The van der Waals surface area contributed by atoms with Gasteiger partial charge in [-0.15, -0.1) is 0 Å². The van der Waals surface area contributed by atoms with Crippen LogP contribution in [0.15, 0.2) is 46.9 Å². The molecular formula is C20H22BrClN2O2S. The molecule has 2 rings (SSSR count). The Kier molecular flexibility index (Phi) is 8.54. The molecule has 2 N–H and O–H groups in total. The lowest BCUT2D eigenvalue weighted by molar-refractivity contribution is 0.0976. The normalized spacial score (nSPS) is 10.6. The van der Waals surface area contributed by atoms with Gasteiger partial charge in [0, 0.05) is 17.1 Å². The fourth-order valence-corrected chi connectivity index (χ4v) is 3.06. The Morgan fingerprint density at radius 3 is 2.67 bits per heavy atom. The molecule has 0 aliphatic rings. The molecule has 0 saturated carbocycles. The van der Waals surface area contributed by atoms with Crippen molar-refractivity contribution in [3.8, 4) is 5.75 Å². The summed E-state index contributed by atoms with van der Waals surface area (Å²) in [4.78, 5) is 12.4. The predicted molar refractivity (Wildman–Crippen MR) is 117 cm³/mol. The van der Waals surface area contributed by atoms with E-state index in [0.717, 1.165) is 16.5 Å². The number of carbonyl (C=O) groups excluding carboxylic acids is 1. The number of thiocarbonyl (C=S) groups is 1. The molecule has 0 unspecified atom stereocenters. The summed E-state index contributed by atoms with van der Waals surface area (Å²) in [5.74, 6) is 1.00. The molecule has 2 aromatic rings. The summed E-state index contributed by atoms with van der Waals surface area (Å²) in [5, 5.41) is 6.54. The molecule has 2 aromatic carbocycles. The van der Waals surface area contributed by atoms with Gasteiger partial charge in [0.2, 0.25) is 0 Å². The van der Waals surface area contributed by atoms with Crippen LogP contribution in [0.25, 0.3) is 0 Å². The van der Waals surface area contributed by atoms with Crippen LogP contribution >= 0.6 is 39.7 Å². The quantitative estimate of drug-likeness (QED) is 0.538. The topological polar surface area (TPSA) is 50.4 Å². The Hall–Kier alpha value is -1.63. The minimum atomic E-state index is -0.291. The van der Waals surface area contributed by atoms with Crippen molar-refractivity contribution in [2.75, 3.05) is 6.61 Å². The van der Waals surface area contributed by atoms with Crippen LogP contribution in [-0.4, -0.2) is 17.6 Å². The van der Waals surface area contributed by atoms with Gasteiger partial charge in [0.25, 0.3) is 5.91 Å². The fraction of sp³-hybridized carbons (Fsp3) is 0.300. The lowest BCUT2D eigenvalue weighted by atomic mass is 10.1. The number of halogens is 2. The number of carbonyl (C=O) groups is 1. The molecule has 0 atom stereocenters. The minimum Gasteiger partial charge on any atom is -0.492 e. The maximum absolute atomic E-state index is 12.4. The summed E-state index contributed by atoms with van der Waals surface area (Å²) in [6.45, 7) is 5.37. The molecular weight excluding hydrogens is 448 g/mol. The number of amides is 1. The van der Waals surface area contributed by atoms with Crippen LogP contribution in [0.3, 0.4) is 0 Å². The van der Waals surface area contributed by atoms with Gasteiger partial charge in [0.1, 0.15) is 5.75 Å². The fourth-order valence-electron chi connectivity index (χ4n) is 2.20. The smallest absolute Gasteiger partial charge is 0.257 e. The molecule has 0 aliphatic heterocycles. The molecule has 0 spiro atoms. The van der Waals surface area contributed by atoms with E-state index in [0.29, 0.717) is 35.4 Å². The van der Waals surface area contributed by atoms with Gasteiger partial charge in [0.05, 0.1) is 11.1 Å². The van der Waals surface area contributed by atoms with Gasteiger partial charge < -0.3 is 10.1 Å². The summed E-state index contributed by atoms with van der Waals surface area (Å²) in [5.41, 5.74) is 1.39. The Labute approximate surface area is 178 Å². The Bertz CT molecular complexity index is 814. The van der Waals surface area contributed by atoms with Crippen LogP contribution in [0.4, 0.5) is 0 Å². The zero-order valence-electron chi connectivity index (χ0n) is 15.2. The maximum Gasteiger partial charge on any atom is 0.257 e. The van der Waals surface area contributed by atoms with Crippen molar-refractivity contribution in [1.29, 1.82) is 0 Å². The van der Waals surface area contributed by atoms with E-state index >= 15 is 0 Å². The number of hydrogen-bond donors (Lipinski definition) is 2. The first kappa shape index (κ1) is 21.7. The number of ether oxygens (including phenoxy) is 1. The first-order chi connectivity index (χ1) is 12.9. The predicted octanol–water partition coefficient (Wildman–Crippen LogP) is 5.33. The van der Waals surface area contributed by atoms with Crippen LogP contribution in [0, 0.1) is 5.92 Å². The van der Waals surface area contributed by atoms with E-state index in [1.54, 1.807) is 18.2 Å². The highest BCUT2D eigenvalue weighted by Gasteiger charge is 2.11. The van der Waals surface area contributed by atoms with Gasteiger partial charge in [-0.05, 0) is 70.3 Å². The standard InChI is InChI=1S/C20H22BrClN2O2S/c1-13(2)9-10-26-18-8-7-14(11-16(18)21)19(25)24-20(27)23-12-15-5-3-4-6-17(15)22/h3-8,11,13H,9-10,12H2,1-2H3,(H2,23,24,25,27). The lowest BCUT2D eigenvalue weighted by Gasteiger charge is -2.12. The number of hydrogen-bond acceptors (Lipinski definition) is 3. The Morgan fingerprint density at radius 1 is 1.26 bits per heavy atom. The van der Waals surface area contributed by atoms with Crippen molar-refractivity contribution in [2.24, 2.45) is 5.92 Å². The van der Waals surface area contributed by atoms with E-state index in [9.17, 15) is 4.79 Å². The Morgan fingerprint density at radius 2 is 2.00 bits per heavy atom. The highest BCUT2D eigenvalue weighted by Crippen LogP contribution is 2.26. The molecule has 0 radical (unpaired) electrons. The second-order valence-corrected chi connectivity index (χ2v) is 8.07. The SMILES string of the molecule is CC(C)CCOc1ccc(C(=O)NC(=S)NCc2ccccc2Cl)cc1Br. The second kappa shape index (κ2) is 10.6. The minimum absolute atomic E-state index is 0.244. The molecule has 0 saturated heterocycles. The maximum atomic E-state index is 12.4. The first-order valence-electron chi connectivity index (χ1n) is 8.61. The van der Waals surface area contributed by atoms with Gasteiger partial charge >= 0.3 is 0 Å². The van der Waals surface area contributed by atoms with Crippen LogP contribution in [0.5, 0.6) is 5.75 Å². The van der Waals surface area contributed by atoms with E-state index in [1.165, 1.54) is 0 Å².